The predicted octanol–water partition coefficient (Wildman–Crippen LogP) is 3.67. The van der Waals surface area contributed by atoms with Crippen LogP contribution in [0.5, 0.6) is 0 Å². The van der Waals surface area contributed by atoms with E-state index in [9.17, 15) is 24.1 Å². The molecule has 1 aliphatic carbocycles. The van der Waals surface area contributed by atoms with Gasteiger partial charge in [-0.2, -0.15) is 0 Å². The molecule has 2 atom stereocenters. The number of carbonyl (C=O) groups is 2. The predicted molar refractivity (Wildman–Crippen MR) is 94.9 cm³/mol. The van der Waals surface area contributed by atoms with Gasteiger partial charge in [0.2, 0.25) is 0 Å². The van der Waals surface area contributed by atoms with E-state index >= 15 is 0 Å². The molecule has 0 aliphatic heterocycles. The van der Waals surface area contributed by atoms with Crippen LogP contribution in [-0.4, -0.2) is 23.4 Å². The number of benzene rings is 2. The molecule has 0 heterocycles. The zero-order valence-corrected chi connectivity index (χ0v) is 14.6. The van der Waals surface area contributed by atoms with E-state index in [-0.39, 0.29) is 34.1 Å². The third-order valence-corrected chi connectivity index (χ3v) is 4.50. The number of nitrogens with zero attached hydrogens (tertiary/aromatic N) is 1. The Labute approximate surface area is 158 Å². The number of hydrogen-bond acceptors (Lipinski definition) is 5. The van der Waals surface area contributed by atoms with Crippen LogP contribution in [0.2, 0.25) is 5.02 Å². The van der Waals surface area contributed by atoms with E-state index in [4.69, 9.17) is 16.3 Å². The Bertz CT molecular complexity index is 903. The average molecular weight is 393 g/mol. The summed E-state index contributed by atoms with van der Waals surface area (Å²) in [6.07, 6.45) is 0.572. The molecule has 1 N–H and O–H groups in total. The maximum absolute atomic E-state index is 12.9. The number of halogens is 2. The van der Waals surface area contributed by atoms with Gasteiger partial charge in [0.05, 0.1) is 21.6 Å². The minimum Gasteiger partial charge on any atom is -0.455 e. The van der Waals surface area contributed by atoms with Gasteiger partial charge in [-0.05, 0) is 36.1 Å². The van der Waals surface area contributed by atoms with Gasteiger partial charge in [-0.1, -0.05) is 23.7 Å². The summed E-state index contributed by atoms with van der Waals surface area (Å²) in [6.45, 7) is -0.537. The van der Waals surface area contributed by atoms with Crippen molar-refractivity contribution < 1.29 is 23.6 Å². The highest BCUT2D eigenvalue weighted by atomic mass is 35.5. The lowest BCUT2D eigenvalue weighted by atomic mass is 10.1. The minimum absolute atomic E-state index is 0.0487. The van der Waals surface area contributed by atoms with Crippen molar-refractivity contribution in [1.29, 1.82) is 0 Å². The maximum atomic E-state index is 12.9. The molecule has 9 heteroatoms. The number of rotatable bonds is 6. The van der Waals surface area contributed by atoms with Crippen LogP contribution in [-0.2, 0) is 14.3 Å². The van der Waals surface area contributed by atoms with Crippen LogP contribution in [0.25, 0.3) is 0 Å². The molecule has 1 aliphatic rings. The van der Waals surface area contributed by atoms with Gasteiger partial charge < -0.3 is 10.1 Å². The van der Waals surface area contributed by atoms with Gasteiger partial charge in [-0.3, -0.25) is 19.7 Å². The molecule has 0 spiro atoms. The second kappa shape index (κ2) is 7.71. The third kappa shape index (κ3) is 4.59. The largest absolute Gasteiger partial charge is 0.455 e. The van der Waals surface area contributed by atoms with Crippen molar-refractivity contribution in [3.05, 3.63) is 69.0 Å². The number of carbonyl (C=O) groups excluding carboxylic acids is 2. The van der Waals surface area contributed by atoms with Crippen LogP contribution in [0.1, 0.15) is 17.9 Å². The summed E-state index contributed by atoms with van der Waals surface area (Å²) in [4.78, 5) is 34.1. The number of nitro groups is 1. The summed E-state index contributed by atoms with van der Waals surface area (Å²) < 4.78 is 17.9. The van der Waals surface area contributed by atoms with E-state index in [1.54, 1.807) is 12.1 Å². The summed E-state index contributed by atoms with van der Waals surface area (Å²) in [5.74, 6) is -1.96. The molecule has 2 aromatic rings. The van der Waals surface area contributed by atoms with Gasteiger partial charge in [0.25, 0.3) is 11.6 Å². The monoisotopic (exact) mass is 392 g/mol. The summed E-state index contributed by atoms with van der Waals surface area (Å²) in [6, 6.07) is 9.50. The van der Waals surface area contributed by atoms with Gasteiger partial charge in [0.15, 0.2) is 6.61 Å². The molecule has 1 amide bonds. The first-order valence-corrected chi connectivity index (χ1v) is 8.39. The van der Waals surface area contributed by atoms with Crippen molar-refractivity contribution in [3.8, 4) is 0 Å². The molecule has 2 aromatic carbocycles. The lowest BCUT2D eigenvalue weighted by molar-refractivity contribution is -0.384. The molecule has 0 bridgehead atoms. The molecule has 2 unspecified atom stereocenters. The molecule has 0 radical (unpaired) electrons. The molecule has 1 saturated carbocycles. The summed E-state index contributed by atoms with van der Waals surface area (Å²) in [7, 11) is 0. The van der Waals surface area contributed by atoms with E-state index in [0.717, 1.165) is 11.6 Å². The number of ether oxygens (including phenoxy) is 1. The topological polar surface area (TPSA) is 98.5 Å². The van der Waals surface area contributed by atoms with Crippen molar-refractivity contribution in [2.75, 3.05) is 11.9 Å². The number of nitrogens with one attached hydrogen (secondary N) is 1. The van der Waals surface area contributed by atoms with Gasteiger partial charge in [0, 0.05) is 12.1 Å². The number of hydrogen-bond donors (Lipinski definition) is 1. The quantitative estimate of drug-likeness (QED) is 0.459. The lowest BCUT2D eigenvalue weighted by Crippen LogP contribution is -2.22. The first-order chi connectivity index (χ1) is 12.8. The van der Waals surface area contributed by atoms with E-state index in [1.165, 1.54) is 24.3 Å². The van der Waals surface area contributed by atoms with Gasteiger partial charge >= 0.3 is 5.97 Å². The van der Waals surface area contributed by atoms with Crippen LogP contribution in [0.3, 0.4) is 0 Å². The van der Waals surface area contributed by atoms with E-state index in [0.29, 0.717) is 6.42 Å². The Morgan fingerprint density at radius 1 is 1.26 bits per heavy atom. The molecule has 0 aromatic heterocycles. The second-order valence-corrected chi connectivity index (χ2v) is 6.48. The molecule has 27 heavy (non-hydrogen) atoms. The lowest BCUT2D eigenvalue weighted by Gasteiger charge is -2.08. The first-order valence-electron chi connectivity index (χ1n) is 8.01. The Kier molecular flexibility index (Phi) is 5.36. The van der Waals surface area contributed by atoms with Crippen LogP contribution < -0.4 is 5.32 Å². The fourth-order valence-corrected chi connectivity index (χ4v) is 2.85. The number of anilines is 1. The van der Waals surface area contributed by atoms with Crippen LogP contribution in [0.4, 0.5) is 15.8 Å². The average Bonchev–Trinajstić information content (AvgIpc) is 3.43. The molecule has 1 fully saturated rings. The minimum atomic E-state index is -0.662. The highest BCUT2D eigenvalue weighted by Gasteiger charge is 2.45. The standard InChI is InChI=1S/C18H14ClFN2O5/c19-15-6-5-12(22(25)26)7-16(15)21-17(23)9-27-18(24)14-8-13(14)10-1-3-11(20)4-2-10/h1-7,13-14H,8-9H2,(H,21,23). The number of esters is 1. The zero-order valence-electron chi connectivity index (χ0n) is 13.9. The Morgan fingerprint density at radius 3 is 2.63 bits per heavy atom. The van der Waals surface area contributed by atoms with Crippen LogP contribution in [0, 0.1) is 21.8 Å². The summed E-state index contributed by atoms with van der Waals surface area (Å²) in [5.41, 5.74) is 0.667. The Balaban J connectivity index is 1.51. The van der Waals surface area contributed by atoms with Gasteiger partial charge in [0.1, 0.15) is 5.82 Å². The number of amides is 1. The molecular formula is C18H14ClFN2O5. The van der Waals surface area contributed by atoms with Crippen molar-refractivity contribution in [2.45, 2.75) is 12.3 Å². The maximum Gasteiger partial charge on any atom is 0.310 e. The van der Waals surface area contributed by atoms with Crippen molar-refractivity contribution in [3.63, 3.8) is 0 Å². The molecule has 7 nitrogen and oxygen atoms in total. The normalized spacial score (nSPS) is 17.9. The van der Waals surface area contributed by atoms with E-state index in [1.807, 2.05) is 0 Å². The Morgan fingerprint density at radius 2 is 1.96 bits per heavy atom. The van der Waals surface area contributed by atoms with Crippen LogP contribution in [0.15, 0.2) is 42.5 Å². The Hall–Kier alpha value is -3.00. The van der Waals surface area contributed by atoms with Gasteiger partial charge in [-0.25, -0.2) is 4.39 Å². The van der Waals surface area contributed by atoms with E-state index < -0.39 is 23.4 Å². The smallest absolute Gasteiger partial charge is 0.310 e. The molecule has 0 saturated heterocycles. The van der Waals surface area contributed by atoms with Gasteiger partial charge in [-0.15, -0.1) is 0 Å². The molecule has 3 rings (SSSR count). The highest BCUT2D eigenvalue weighted by Crippen LogP contribution is 2.48. The van der Waals surface area contributed by atoms with Crippen LogP contribution >= 0.6 is 11.6 Å². The van der Waals surface area contributed by atoms with Crippen molar-refractivity contribution in [1.82, 2.24) is 0 Å². The summed E-state index contributed by atoms with van der Waals surface area (Å²) in [5, 5.41) is 13.3. The SMILES string of the molecule is O=C(COC(=O)C1CC1c1ccc(F)cc1)Nc1cc([N+](=O)[O-])ccc1Cl. The third-order valence-electron chi connectivity index (χ3n) is 4.17. The molecule has 140 valence electrons. The zero-order chi connectivity index (χ0) is 19.6. The van der Waals surface area contributed by atoms with Crippen molar-refractivity contribution >= 4 is 34.9 Å². The number of non-ortho nitro benzene ring substituents is 1. The fraction of sp³-hybridized carbons (Fsp3) is 0.222. The summed E-state index contributed by atoms with van der Waals surface area (Å²) >= 11 is 5.89. The second-order valence-electron chi connectivity index (χ2n) is 6.08. The van der Waals surface area contributed by atoms with E-state index in [2.05, 4.69) is 5.32 Å². The highest BCUT2D eigenvalue weighted by molar-refractivity contribution is 6.33. The number of nitro benzene ring substituents is 1. The van der Waals surface area contributed by atoms with Crippen molar-refractivity contribution in [2.24, 2.45) is 5.92 Å². The molecular weight excluding hydrogens is 379 g/mol. The first kappa shape index (κ1) is 18.8. The fourth-order valence-electron chi connectivity index (χ4n) is 2.69.